The molecule has 28 heavy (non-hydrogen) atoms. The maximum atomic E-state index is 13.0. The number of halogens is 1. The van der Waals surface area contributed by atoms with E-state index >= 15 is 0 Å². The Morgan fingerprint density at radius 3 is 2.46 bits per heavy atom. The van der Waals surface area contributed by atoms with Gasteiger partial charge in [-0.1, -0.05) is 0 Å². The largest absolute Gasteiger partial charge is 0.379 e. The van der Waals surface area contributed by atoms with Crippen LogP contribution in [0.5, 0.6) is 0 Å². The van der Waals surface area contributed by atoms with Gasteiger partial charge in [-0.2, -0.15) is 4.31 Å². The predicted octanol–water partition coefficient (Wildman–Crippen LogP) is 0.671. The summed E-state index contributed by atoms with van der Waals surface area (Å²) in [5, 5.41) is 0. The fourth-order valence-electron chi connectivity index (χ4n) is 2.82. The van der Waals surface area contributed by atoms with Crippen LogP contribution in [0.4, 0.5) is 10.1 Å². The van der Waals surface area contributed by atoms with Gasteiger partial charge in [0.2, 0.25) is 15.9 Å². The van der Waals surface area contributed by atoms with Crippen molar-refractivity contribution in [2.24, 2.45) is 0 Å². The van der Waals surface area contributed by atoms with E-state index in [4.69, 9.17) is 4.74 Å². The number of rotatable bonds is 5. The summed E-state index contributed by atoms with van der Waals surface area (Å²) in [4.78, 5) is 26.1. The molecule has 10 heteroatoms. The second kappa shape index (κ2) is 8.21. The lowest BCUT2D eigenvalue weighted by Crippen LogP contribution is -2.43. The zero-order valence-electron chi connectivity index (χ0n) is 15.2. The Morgan fingerprint density at radius 2 is 1.82 bits per heavy atom. The molecular weight excluding hydrogens is 389 g/mol. The molecule has 1 fully saturated rings. The van der Waals surface area contributed by atoms with Crippen LogP contribution < -0.4 is 10.5 Å². The monoisotopic (exact) mass is 409 g/mol. The molecule has 0 aliphatic carbocycles. The third-order valence-electron chi connectivity index (χ3n) is 4.47. The lowest BCUT2D eigenvalue weighted by atomic mass is 10.3. The molecule has 1 amide bonds. The molecule has 1 saturated heterocycles. The first-order chi connectivity index (χ1) is 13.3. The molecule has 1 aromatic carbocycles. The summed E-state index contributed by atoms with van der Waals surface area (Å²) >= 11 is 0. The van der Waals surface area contributed by atoms with E-state index < -0.39 is 27.3 Å². The minimum atomic E-state index is -3.97. The fourth-order valence-corrected chi connectivity index (χ4v) is 4.32. The number of likely N-dealkylation sites (N-methyl/N-ethyl adjacent to an activating group) is 1. The van der Waals surface area contributed by atoms with Gasteiger partial charge >= 0.3 is 0 Å². The van der Waals surface area contributed by atoms with Crippen molar-refractivity contribution in [3.63, 3.8) is 0 Å². The number of anilines is 1. The Balaban J connectivity index is 1.83. The van der Waals surface area contributed by atoms with Crippen LogP contribution in [0.3, 0.4) is 0 Å². The van der Waals surface area contributed by atoms with Crippen molar-refractivity contribution >= 4 is 21.6 Å². The van der Waals surface area contributed by atoms with Gasteiger partial charge in [0, 0.05) is 32.0 Å². The molecule has 0 unspecified atom stereocenters. The Kier molecular flexibility index (Phi) is 5.92. The number of hydrogen-bond acceptors (Lipinski definition) is 5. The normalized spacial score (nSPS) is 15.4. The summed E-state index contributed by atoms with van der Waals surface area (Å²) in [5.74, 6) is -0.878. The molecule has 0 spiro atoms. The molecule has 8 nitrogen and oxygen atoms in total. The summed E-state index contributed by atoms with van der Waals surface area (Å²) < 4.78 is 46.0. The molecule has 0 saturated carbocycles. The third kappa shape index (κ3) is 4.13. The number of benzene rings is 1. The standard InChI is InChI=1S/C18H20FN3O5S/c1-20(15-6-4-14(19)5-7-15)17(23)13-21-8-2-3-16(18(21)24)28(25,26)22-9-11-27-12-10-22/h2-8H,9-13H2,1H3. The molecule has 2 aromatic rings. The number of ether oxygens (including phenoxy) is 1. The summed E-state index contributed by atoms with van der Waals surface area (Å²) in [6.45, 7) is 0.521. The van der Waals surface area contributed by atoms with Gasteiger partial charge in [-0.3, -0.25) is 9.59 Å². The van der Waals surface area contributed by atoms with Gasteiger partial charge < -0.3 is 14.2 Å². The first-order valence-corrected chi connectivity index (χ1v) is 10.0. The van der Waals surface area contributed by atoms with E-state index in [1.54, 1.807) is 0 Å². The Morgan fingerprint density at radius 1 is 1.18 bits per heavy atom. The van der Waals surface area contributed by atoms with Gasteiger partial charge in [-0.25, -0.2) is 12.8 Å². The molecule has 0 radical (unpaired) electrons. The van der Waals surface area contributed by atoms with Gasteiger partial charge in [0.15, 0.2) is 0 Å². The first kappa shape index (κ1) is 20.2. The predicted molar refractivity (Wildman–Crippen MR) is 100 cm³/mol. The molecule has 0 bridgehead atoms. The number of morpholine rings is 1. The van der Waals surface area contributed by atoms with E-state index in [0.717, 1.165) is 4.57 Å². The molecule has 1 aliphatic rings. The number of aromatic nitrogens is 1. The summed E-state index contributed by atoms with van der Waals surface area (Å²) in [7, 11) is -2.48. The summed E-state index contributed by atoms with van der Waals surface area (Å²) in [5.41, 5.74) is -0.314. The van der Waals surface area contributed by atoms with E-state index in [-0.39, 0.29) is 37.7 Å². The number of nitrogens with zero attached hydrogens (tertiary/aromatic N) is 3. The molecule has 0 N–H and O–H groups in total. The maximum Gasteiger partial charge on any atom is 0.271 e. The zero-order chi connectivity index (χ0) is 20.3. The van der Waals surface area contributed by atoms with Crippen LogP contribution in [-0.4, -0.2) is 56.5 Å². The highest BCUT2D eigenvalue weighted by atomic mass is 32.2. The van der Waals surface area contributed by atoms with Crippen LogP contribution in [0.2, 0.25) is 0 Å². The SMILES string of the molecule is CN(C(=O)Cn1cccc(S(=O)(=O)N2CCOCC2)c1=O)c1ccc(F)cc1. The Labute approximate surface area is 161 Å². The van der Waals surface area contributed by atoms with Crippen molar-refractivity contribution in [2.75, 3.05) is 38.3 Å². The quantitative estimate of drug-likeness (QED) is 0.724. The van der Waals surface area contributed by atoms with E-state index in [9.17, 15) is 22.4 Å². The molecule has 1 aromatic heterocycles. The minimum Gasteiger partial charge on any atom is -0.379 e. The maximum absolute atomic E-state index is 13.0. The van der Waals surface area contributed by atoms with Crippen LogP contribution in [0.15, 0.2) is 52.3 Å². The number of amides is 1. The second-order valence-corrected chi connectivity index (χ2v) is 8.16. The van der Waals surface area contributed by atoms with Crippen LogP contribution in [0.1, 0.15) is 0 Å². The van der Waals surface area contributed by atoms with E-state index in [1.165, 1.54) is 58.8 Å². The summed E-state index contributed by atoms with van der Waals surface area (Å²) in [6, 6.07) is 7.98. The third-order valence-corrected chi connectivity index (χ3v) is 6.38. The van der Waals surface area contributed by atoms with Crippen LogP contribution in [0, 0.1) is 5.82 Å². The number of carbonyl (C=O) groups excluding carboxylic acids is 1. The molecule has 150 valence electrons. The molecular formula is C18H20FN3O5S. The highest BCUT2D eigenvalue weighted by molar-refractivity contribution is 7.89. The fraction of sp³-hybridized carbons (Fsp3) is 0.333. The van der Waals surface area contributed by atoms with E-state index in [1.807, 2.05) is 0 Å². The average Bonchev–Trinajstić information content (AvgIpc) is 2.70. The zero-order valence-corrected chi connectivity index (χ0v) is 16.1. The number of carbonyl (C=O) groups is 1. The lowest BCUT2D eigenvalue weighted by molar-refractivity contribution is -0.118. The van der Waals surface area contributed by atoms with E-state index in [2.05, 4.69) is 0 Å². The van der Waals surface area contributed by atoms with Gasteiger partial charge in [0.1, 0.15) is 17.3 Å². The number of hydrogen-bond donors (Lipinski definition) is 0. The molecule has 2 heterocycles. The smallest absolute Gasteiger partial charge is 0.271 e. The van der Waals surface area contributed by atoms with Gasteiger partial charge in [-0.05, 0) is 36.4 Å². The Bertz CT molecular complexity index is 1010. The topological polar surface area (TPSA) is 88.9 Å². The van der Waals surface area contributed by atoms with Crippen molar-refractivity contribution < 1.29 is 22.3 Å². The van der Waals surface area contributed by atoms with Crippen LogP contribution >= 0.6 is 0 Å². The molecule has 1 aliphatic heterocycles. The van der Waals surface area contributed by atoms with Gasteiger partial charge in [0.25, 0.3) is 5.56 Å². The average molecular weight is 409 g/mol. The van der Waals surface area contributed by atoms with Crippen molar-refractivity contribution in [1.29, 1.82) is 0 Å². The van der Waals surface area contributed by atoms with E-state index in [0.29, 0.717) is 5.69 Å². The van der Waals surface area contributed by atoms with Crippen LogP contribution in [-0.2, 0) is 26.1 Å². The van der Waals surface area contributed by atoms with Crippen molar-refractivity contribution in [3.8, 4) is 0 Å². The highest BCUT2D eigenvalue weighted by Gasteiger charge is 2.29. The van der Waals surface area contributed by atoms with Crippen molar-refractivity contribution in [1.82, 2.24) is 8.87 Å². The van der Waals surface area contributed by atoms with Crippen molar-refractivity contribution in [3.05, 3.63) is 58.8 Å². The summed E-state index contributed by atoms with van der Waals surface area (Å²) in [6.07, 6.45) is 1.36. The second-order valence-electron chi connectivity index (χ2n) is 6.25. The van der Waals surface area contributed by atoms with Crippen LogP contribution in [0.25, 0.3) is 0 Å². The number of pyridine rings is 1. The first-order valence-electron chi connectivity index (χ1n) is 8.60. The van der Waals surface area contributed by atoms with Gasteiger partial charge in [-0.15, -0.1) is 0 Å². The Hall–Kier alpha value is -2.56. The minimum absolute atomic E-state index is 0.170. The molecule has 3 rings (SSSR count). The van der Waals surface area contributed by atoms with Gasteiger partial charge in [0.05, 0.1) is 13.2 Å². The lowest BCUT2D eigenvalue weighted by Gasteiger charge is -2.26. The molecule has 0 atom stereocenters. The van der Waals surface area contributed by atoms with Crippen molar-refractivity contribution in [2.45, 2.75) is 11.4 Å². The number of sulfonamides is 1. The highest BCUT2D eigenvalue weighted by Crippen LogP contribution is 2.15.